The van der Waals surface area contributed by atoms with Gasteiger partial charge in [-0.25, -0.2) is 4.98 Å². The summed E-state index contributed by atoms with van der Waals surface area (Å²) in [5, 5.41) is 6.73. The molecule has 1 aromatic heterocycles. The number of likely N-dealkylation sites (N-methyl/N-ethyl adjacent to an activating group) is 1. The van der Waals surface area contributed by atoms with Crippen LogP contribution in [0, 0.1) is 12.8 Å². The fourth-order valence-corrected chi connectivity index (χ4v) is 2.43. The van der Waals surface area contributed by atoms with Gasteiger partial charge < -0.3 is 5.32 Å². The second-order valence-electron chi connectivity index (χ2n) is 4.20. The van der Waals surface area contributed by atoms with Crippen LogP contribution in [-0.4, -0.2) is 18.1 Å². The average molecular weight is 212 g/mol. The number of nitrogens with one attached hydrogen (secondary N) is 1. The van der Waals surface area contributed by atoms with Gasteiger partial charge in [0.25, 0.3) is 0 Å². The highest BCUT2D eigenvalue weighted by atomic mass is 32.1. The minimum absolute atomic E-state index is 0.570. The first kappa shape index (κ1) is 11.7. The van der Waals surface area contributed by atoms with E-state index < -0.39 is 0 Å². The Morgan fingerprint density at radius 2 is 2.21 bits per heavy atom. The Labute approximate surface area is 90.8 Å². The molecule has 1 unspecified atom stereocenters. The minimum Gasteiger partial charge on any atom is -0.317 e. The second-order valence-corrected chi connectivity index (χ2v) is 5.14. The molecule has 0 saturated heterocycles. The highest BCUT2D eigenvalue weighted by Gasteiger charge is 2.11. The Kier molecular flexibility index (Phi) is 4.55. The lowest BCUT2D eigenvalue weighted by Crippen LogP contribution is -2.29. The molecule has 0 spiro atoms. The Hall–Kier alpha value is -0.410. The third-order valence-electron chi connectivity index (χ3n) is 2.25. The van der Waals surface area contributed by atoms with Gasteiger partial charge in [-0.1, -0.05) is 13.8 Å². The van der Waals surface area contributed by atoms with Gasteiger partial charge in [0.05, 0.1) is 5.01 Å². The quantitative estimate of drug-likeness (QED) is 0.811. The van der Waals surface area contributed by atoms with Crippen molar-refractivity contribution in [2.45, 2.75) is 39.7 Å². The van der Waals surface area contributed by atoms with Crippen LogP contribution in [0.1, 0.15) is 31.0 Å². The van der Waals surface area contributed by atoms with Gasteiger partial charge in [0, 0.05) is 23.5 Å². The highest BCUT2D eigenvalue weighted by Crippen LogP contribution is 2.14. The summed E-state index contributed by atoms with van der Waals surface area (Å²) in [4.78, 5) is 4.48. The van der Waals surface area contributed by atoms with Gasteiger partial charge >= 0.3 is 0 Å². The van der Waals surface area contributed by atoms with Crippen molar-refractivity contribution in [1.82, 2.24) is 10.3 Å². The zero-order chi connectivity index (χ0) is 10.6. The second kappa shape index (κ2) is 5.47. The van der Waals surface area contributed by atoms with Crippen LogP contribution in [0.2, 0.25) is 0 Å². The zero-order valence-electron chi connectivity index (χ0n) is 9.50. The molecule has 1 heterocycles. The van der Waals surface area contributed by atoms with Crippen molar-refractivity contribution in [3.05, 3.63) is 16.1 Å². The van der Waals surface area contributed by atoms with Crippen molar-refractivity contribution in [2.24, 2.45) is 5.92 Å². The van der Waals surface area contributed by atoms with Gasteiger partial charge in [0.15, 0.2) is 0 Å². The lowest BCUT2D eigenvalue weighted by atomic mass is 10.0. The third-order valence-corrected chi connectivity index (χ3v) is 3.24. The maximum atomic E-state index is 4.48. The predicted octanol–water partition coefficient (Wildman–Crippen LogP) is 2.63. The molecule has 2 nitrogen and oxygen atoms in total. The standard InChI is InChI=1S/C11H20N2S/c1-8(2)5-10(12-4)6-11-13-9(3)7-14-11/h7-8,10,12H,5-6H2,1-4H3. The van der Waals surface area contributed by atoms with E-state index in [4.69, 9.17) is 0 Å². The zero-order valence-corrected chi connectivity index (χ0v) is 10.3. The fourth-order valence-electron chi connectivity index (χ4n) is 1.58. The topological polar surface area (TPSA) is 24.9 Å². The van der Waals surface area contributed by atoms with Gasteiger partial charge in [-0.05, 0) is 26.3 Å². The van der Waals surface area contributed by atoms with E-state index in [9.17, 15) is 0 Å². The van der Waals surface area contributed by atoms with Crippen molar-refractivity contribution < 1.29 is 0 Å². The maximum absolute atomic E-state index is 4.48. The van der Waals surface area contributed by atoms with Crippen molar-refractivity contribution >= 4 is 11.3 Å². The number of thiazole rings is 1. The summed E-state index contributed by atoms with van der Waals surface area (Å²) in [7, 11) is 2.04. The first-order valence-corrected chi connectivity index (χ1v) is 6.08. The molecule has 1 atom stereocenters. The number of hydrogen-bond donors (Lipinski definition) is 1. The number of aromatic nitrogens is 1. The van der Waals surface area contributed by atoms with E-state index in [1.807, 2.05) is 7.05 Å². The average Bonchev–Trinajstić information content (AvgIpc) is 2.49. The number of nitrogens with zero attached hydrogens (tertiary/aromatic N) is 1. The molecular weight excluding hydrogens is 192 g/mol. The molecule has 0 aliphatic heterocycles. The summed E-state index contributed by atoms with van der Waals surface area (Å²) < 4.78 is 0. The van der Waals surface area contributed by atoms with E-state index in [0.29, 0.717) is 6.04 Å². The van der Waals surface area contributed by atoms with Crippen LogP contribution in [0.4, 0.5) is 0 Å². The van der Waals surface area contributed by atoms with Crippen molar-refractivity contribution in [2.75, 3.05) is 7.05 Å². The van der Waals surface area contributed by atoms with E-state index in [2.05, 4.69) is 36.5 Å². The summed E-state index contributed by atoms with van der Waals surface area (Å²) in [5.41, 5.74) is 1.14. The Balaban J connectivity index is 2.48. The molecule has 0 radical (unpaired) electrons. The largest absolute Gasteiger partial charge is 0.317 e. The fraction of sp³-hybridized carbons (Fsp3) is 0.727. The van der Waals surface area contributed by atoms with E-state index in [1.165, 1.54) is 11.4 Å². The Morgan fingerprint density at radius 3 is 2.64 bits per heavy atom. The van der Waals surface area contributed by atoms with Crippen LogP contribution in [0.15, 0.2) is 5.38 Å². The third kappa shape index (κ3) is 3.76. The number of hydrogen-bond acceptors (Lipinski definition) is 3. The van der Waals surface area contributed by atoms with Gasteiger partial charge in [-0.15, -0.1) is 11.3 Å². The Morgan fingerprint density at radius 1 is 1.50 bits per heavy atom. The Bertz CT molecular complexity index is 268. The monoisotopic (exact) mass is 212 g/mol. The van der Waals surface area contributed by atoms with Crippen LogP contribution >= 0.6 is 11.3 Å². The van der Waals surface area contributed by atoms with E-state index in [0.717, 1.165) is 18.0 Å². The van der Waals surface area contributed by atoms with Crippen LogP contribution in [0.3, 0.4) is 0 Å². The normalized spacial score (nSPS) is 13.5. The van der Waals surface area contributed by atoms with Crippen LogP contribution in [0.5, 0.6) is 0 Å². The SMILES string of the molecule is CNC(Cc1nc(C)cs1)CC(C)C. The molecule has 0 amide bonds. The first-order chi connectivity index (χ1) is 6.61. The molecule has 1 aromatic rings. The molecular formula is C11H20N2S. The van der Waals surface area contributed by atoms with Gasteiger partial charge in [-0.3, -0.25) is 0 Å². The van der Waals surface area contributed by atoms with E-state index in [1.54, 1.807) is 11.3 Å². The number of aryl methyl sites for hydroxylation is 1. The lowest BCUT2D eigenvalue weighted by Gasteiger charge is -2.16. The molecule has 80 valence electrons. The molecule has 14 heavy (non-hydrogen) atoms. The van der Waals surface area contributed by atoms with Gasteiger partial charge in [-0.2, -0.15) is 0 Å². The smallest absolute Gasteiger partial charge is 0.0943 e. The molecule has 0 bridgehead atoms. The molecule has 1 rings (SSSR count). The van der Waals surface area contributed by atoms with Crippen LogP contribution in [0.25, 0.3) is 0 Å². The minimum atomic E-state index is 0.570. The molecule has 0 aliphatic carbocycles. The van der Waals surface area contributed by atoms with E-state index >= 15 is 0 Å². The molecule has 0 fully saturated rings. The molecule has 0 aliphatic rings. The predicted molar refractivity (Wildman–Crippen MR) is 62.9 cm³/mol. The highest BCUT2D eigenvalue weighted by molar-refractivity contribution is 7.09. The molecule has 0 saturated carbocycles. The summed E-state index contributed by atoms with van der Waals surface area (Å²) in [5.74, 6) is 0.744. The van der Waals surface area contributed by atoms with Gasteiger partial charge in [0.2, 0.25) is 0 Å². The van der Waals surface area contributed by atoms with Crippen molar-refractivity contribution in [1.29, 1.82) is 0 Å². The van der Waals surface area contributed by atoms with Crippen molar-refractivity contribution in [3.63, 3.8) is 0 Å². The van der Waals surface area contributed by atoms with Gasteiger partial charge in [0.1, 0.15) is 0 Å². The number of rotatable bonds is 5. The molecule has 3 heteroatoms. The van der Waals surface area contributed by atoms with Crippen LogP contribution in [-0.2, 0) is 6.42 Å². The molecule has 0 aromatic carbocycles. The van der Waals surface area contributed by atoms with Crippen LogP contribution < -0.4 is 5.32 Å². The van der Waals surface area contributed by atoms with E-state index in [-0.39, 0.29) is 0 Å². The first-order valence-electron chi connectivity index (χ1n) is 5.20. The summed E-state index contributed by atoms with van der Waals surface area (Å²) in [6, 6.07) is 0.570. The lowest BCUT2D eigenvalue weighted by molar-refractivity contribution is 0.440. The van der Waals surface area contributed by atoms with Crippen molar-refractivity contribution in [3.8, 4) is 0 Å². The summed E-state index contributed by atoms with van der Waals surface area (Å²) in [6.45, 7) is 6.58. The summed E-state index contributed by atoms with van der Waals surface area (Å²) in [6.07, 6.45) is 2.28. The molecule has 1 N–H and O–H groups in total. The summed E-state index contributed by atoms with van der Waals surface area (Å²) >= 11 is 1.77. The maximum Gasteiger partial charge on any atom is 0.0943 e.